The third-order valence-electron chi connectivity index (χ3n) is 3.84. The van der Waals surface area contributed by atoms with Crippen LogP contribution in [0.2, 0.25) is 6.04 Å². The zero-order chi connectivity index (χ0) is 17.6. The predicted octanol–water partition coefficient (Wildman–Crippen LogP) is 2.72. The normalized spacial score (nSPS) is 14.4. The van der Waals surface area contributed by atoms with E-state index in [1.54, 1.807) is 24.3 Å². The number of imide groups is 1. The molecular weight excluding hydrogens is 326 g/mol. The maximum absolute atomic E-state index is 12.4. The number of fused-ring (bicyclic) bond motifs is 1. The van der Waals surface area contributed by atoms with Gasteiger partial charge in [0.1, 0.15) is 0 Å². The van der Waals surface area contributed by atoms with E-state index in [9.17, 15) is 9.59 Å². The second-order valence-electron chi connectivity index (χ2n) is 5.39. The lowest BCUT2D eigenvalue weighted by Gasteiger charge is -2.28. The fraction of sp³-hybridized carbons (Fsp3) is 0.529. The Morgan fingerprint density at radius 1 is 0.875 bits per heavy atom. The third kappa shape index (κ3) is 3.92. The summed E-state index contributed by atoms with van der Waals surface area (Å²) >= 11 is 0. The SMILES string of the molecule is CCO[Si](CCCN1C(=O)c2ccccc2C1=O)(OCC)OCC. The number of benzene rings is 1. The molecule has 0 aromatic heterocycles. The number of nitrogens with zero attached hydrogens (tertiary/aromatic N) is 1. The van der Waals surface area contributed by atoms with Gasteiger partial charge in [-0.05, 0) is 39.3 Å². The van der Waals surface area contributed by atoms with Crippen molar-refractivity contribution in [3.05, 3.63) is 35.4 Å². The maximum Gasteiger partial charge on any atom is 0.500 e. The number of hydrogen-bond acceptors (Lipinski definition) is 5. The van der Waals surface area contributed by atoms with Crippen LogP contribution in [-0.2, 0) is 13.3 Å². The minimum absolute atomic E-state index is 0.230. The van der Waals surface area contributed by atoms with E-state index in [2.05, 4.69) is 0 Å². The van der Waals surface area contributed by atoms with Crippen LogP contribution < -0.4 is 0 Å². The van der Waals surface area contributed by atoms with Crippen molar-refractivity contribution >= 4 is 20.6 Å². The molecular formula is C17H25NO5Si. The summed E-state index contributed by atoms with van der Waals surface area (Å²) in [6.45, 7) is 7.60. The summed E-state index contributed by atoms with van der Waals surface area (Å²) in [5.41, 5.74) is 0.955. The molecule has 1 aliphatic rings. The van der Waals surface area contributed by atoms with Crippen LogP contribution in [0.4, 0.5) is 0 Å². The van der Waals surface area contributed by atoms with Gasteiger partial charge in [-0.25, -0.2) is 0 Å². The van der Waals surface area contributed by atoms with Crippen LogP contribution in [0.25, 0.3) is 0 Å². The summed E-state index contributed by atoms with van der Waals surface area (Å²) in [5, 5.41) is 0. The fourth-order valence-corrected chi connectivity index (χ4v) is 5.49. The molecule has 0 fully saturated rings. The average Bonchev–Trinajstić information content (AvgIpc) is 2.81. The van der Waals surface area contributed by atoms with Gasteiger partial charge in [-0.2, -0.15) is 0 Å². The Bertz CT molecular complexity index is 540. The Kier molecular flexibility index (Phi) is 6.67. The summed E-state index contributed by atoms with van der Waals surface area (Å²) in [4.78, 5) is 26.0. The van der Waals surface area contributed by atoms with Gasteiger partial charge in [0.05, 0.1) is 11.1 Å². The fourth-order valence-electron chi connectivity index (χ4n) is 2.90. The predicted molar refractivity (Wildman–Crippen MR) is 91.9 cm³/mol. The van der Waals surface area contributed by atoms with Crippen molar-refractivity contribution in [3.8, 4) is 0 Å². The van der Waals surface area contributed by atoms with Crippen molar-refractivity contribution in [1.29, 1.82) is 0 Å². The van der Waals surface area contributed by atoms with Crippen molar-refractivity contribution in [3.63, 3.8) is 0 Å². The highest BCUT2D eigenvalue weighted by atomic mass is 28.4. The van der Waals surface area contributed by atoms with E-state index in [-0.39, 0.29) is 11.8 Å². The minimum Gasteiger partial charge on any atom is -0.374 e. The lowest BCUT2D eigenvalue weighted by Crippen LogP contribution is -2.46. The van der Waals surface area contributed by atoms with Crippen molar-refractivity contribution < 1.29 is 22.9 Å². The van der Waals surface area contributed by atoms with Gasteiger partial charge in [0.25, 0.3) is 11.8 Å². The molecule has 1 aliphatic heterocycles. The molecule has 2 amide bonds. The first-order valence-electron chi connectivity index (χ1n) is 8.45. The smallest absolute Gasteiger partial charge is 0.374 e. The van der Waals surface area contributed by atoms with Crippen LogP contribution >= 0.6 is 0 Å². The van der Waals surface area contributed by atoms with E-state index in [0.717, 1.165) is 0 Å². The summed E-state index contributed by atoms with van der Waals surface area (Å²) < 4.78 is 17.4. The summed E-state index contributed by atoms with van der Waals surface area (Å²) in [6, 6.07) is 7.50. The van der Waals surface area contributed by atoms with Crippen LogP contribution in [0.15, 0.2) is 24.3 Å². The first-order chi connectivity index (χ1) is 11.6. The number of carbonyl (C=O) groups is 2. The monoisotopic (exact) mass is 351 g/mol. The van der Waals surface area contributed by atoms with Gasteiger partial charge >= 0.3 is 8.80 Å². The Hall–Kier alpha value is -1.54. The molecule has 0 atom stereocenters. The maximum atomic E-state index is 12.4. The molecule has 0 unspecified atom stereocenters. The molecule has 0 bridgehead atoms. The zero-order valence-electron chi connectivity index (χ0n) is 14.5. The highest BCUT2D eigenvalue weighted by Crippen LogP contribution is 2.24. The molecule has 24 heavy (non-hydrogen) atoms. The van der Waals surface area contributed by atoms with Gasteiger partial charge < -0.3 is 13.3 Å². The molecule has 0 aliphatic carbocycles. The average molecular weight is 351 g/mol. The molecule has 7 heteroatoms. The van der Waals surface area contributed by atoms with E-state index in [1.807, 2.05) is 20.8 Å². The molecule has 0 spiro atoms. The largest absolute Gasteiger partial charge is 0.500 e. The highest BCUT2D eigenvalue weighted by Gasteiger charge is 2.41. The molecule has 132 valence electrons. The summed E-state index contributed by atoms with van der Waals surface area (Å²) in [5.74, 6) is -0.459. The number of carbonyl (C=O) groups excluding carboxylic acids is 2. The van der Waals surface area contributed by atoms with E-state index in [0.29, 0.717) is 50.0 Å². The van der Waals surface area contributed by atoms with Crippen molar-refractivity contribution in [2.75, 3.05) is 26.4 Å². The first kappa shape index (κ1) is 18.8. The van der Waals surface area contributed by atoms with Crippen molar-refractivity contribution in [2.24, 2.45) is 0 Å². The molecule has 2 rings (SSSR count). The molecule has 1 aromatic carbocycles. The molecule has 0 saturated heterocycles. The van der Waals surface area contributed by atoms with Crippen LogP contribution in [0.3, 0.4) is 0 Å². The van der Waals surface area contributed by atoms with E-state index in [4.69, 9.17) is 13.3 Å². The molecule has 0 radical (unpaired) electrons. The van der Waals surface area contributed by atoms with Crippen LogP contribution in [-0.4, -0.2) is 51.9 Å². The molecule has 6 nitrogen and oxygen atoms in total. The van der Waals surface area contributed by atoms with E-state index < -0.39 is 8.80 Å². The lowest BCUT2D eigenvalue weighted by molar-refractivity contribution is 0.0612. The summed E-state index contributed by atoms with van der Waals surface area (Å²) in [6.07, 6.45) is 0.595. The molecule has 0 saturated carbocycles. The van der Waals surface area contributed by atoms with Gasteiger partial charge in [-0.3, -0.25) is 14.5 Å². The van der Waals surface area contributed by atoms with Crippen LogP contribution in [0.5, 0.6) is 0 Å². The van der Waals surface area contributed by atoms with Gasteiger partial charge in [0.15, 0.2) is 0 Å². The van der Waals surface area contributed by atoms with Crippen molar-refractivity contribution in [1.82, 2.24) is 4.90 Å². The van der Waals surface area contributed by atoms with Crippen molar-refractivity contribution in [2.45, 2.75) is 33.2 Å². The Labute approximate surface area is 144 Å². The first-order valence-corrected chi connectivity index (χ1v) is 10.4. The zero-order valence-corrected chi connectivity index (χ0v) is 15.5. The molecule has 1 heterocycles. The molecule has 1 aromatic rings. The Morgan fingerprint density at radius 3 is 1.75 bits per heavy atom. The van der Waals surface area contributed by atoms with Crippen LogP contribution in [0, 0.1) is 0 Å². The van der Waals surface area contributed by atoms with Gasteiger partial charge in [0, 0.05) is 32.4 Å². The Morgan fingerprint density at radius 2 is 1.33 bits per heavy atom. The number of hydrogen-bond donors (Lipinski definition) is 0. The van der Waals surface area contributed by atoms with E-state index in [1.165, 1.54) is 4.90 Å². The van der Waals surface area contributed by atoms with Crippen LogP contribution in [0.1, 0.15) is 47.9 Å². The van der Waals surface area contributed by atoms with Gasteiger partial charge in [-0.1, -0.05) is 12.1 Å². The highest BCUT2D eigenvalue weighted by molar-refractivity contribution is 6.60. The lowest BCUT2D eigenvalue weighted by atomic mass is 10.1. The standard InChI is InChI=1S/C17H25NO5Si/c1-4-21-24(22-5-2,23-6-3)13-9-12-18-16(19)14-10-7-8-11-15(14)17(18)20/h7-8,10-11H,4-6,9,12-13H2,1-3H3. The summed E-state index contributed by atoms with van der Waals surface area (Å²) in [7, 11) is -2.74. The Balaban J connectivity index is 2.00. The van der Waals surface area contributed by atoms with Gasteiger partial charge in [0.2, 0.25) is 0 Å². The topological polar surface area (TPSA) is 65.1 Å². The molecule has 0 N–H and O–H groups in total. The second-order valence-corrected chi connectivity index (χ2v) is 8.13. The van der Waals surface area contributed by atoms with Gasteiger partial charge in [-0.15, -0.1) is 0 Å². The third-order valence-corrected chi connectivity index (χ3v) is 6.99. The quantitative estimate of drug-likeness (QED) is 0.479. The number of amides is 2. The minimum atomic E-state index is -2.74. The number of rotatable bonds is 10. The second kappa shape index (κ2) is 8.52. The van der Waals surface area contributed by atoms with E-state index >= 15 is 0 Å².